The van der Waals surface area contributed by atoms with E-state index in [4.69, 9.17) is 10.2 Å². The molecule has 0 aliphatic heterocycles. The molecular weight excluding hydrogens is 340 g/mol. The first-order valence-corrected chi connectivity index (χ1v) is 7.38. The molecule has 0 bridgehead atoms. The number of aromatic hydroxyl groups is 1. The van der Waals surface area contributed by atoms with Crippen LogP contribution >= 0.6 is 0 Å². The number of phenols is 1. The van der Waals surface area contributed by atoms with E-state index in [0.29, 0.717) is 12.1 Å². The van der Waals surface area contributed by atoms with E-state index in [0.717, 1.165) is 13.1 Å². The summed E-state index contributed by atoms with van der Waals surface area (Å²) in [7, 11) is 0. The Bertz CT molecular complexity index is 567. The van der Waals surface area contributed by atoms with Gasteiger partial charge in [-0.05, 0) is 13.0 Å². The standard InChI is InChI=1S/C7H17NO.C6H3N3O7/c1-2-3-4-5-8-6-7-9;10-6-4(8(13)14)1-3(7(11)12)2-5(6)9(15)16/h8-9H,2-7H2,1H3;1-2,10H. The third-order valence-corrected chi connectivity index (χ3v) is 2.90. The lowest BCUT2D eigenvalue weighted by Gasteiger charge is -1.99. The van der Waals surface area contributed by atoms with E-state index >= 15 is 0 Å². The van der Waals surface area contributed by atoms with E-state index in [9.17, 15) is 30.3 Å². The fraction of sp³-hybridized carbons (Fsp3) is 0.538. The van der Waals surface area contributed by atoms with Gasteiger partial charge in [-0.1, -0.05) is 19.8 Å². The number of non-ortho nitro benzene ring substituents is 1. The Morgan fingerprint density at radius 2 is 1.48 bits per heavy atom. The van der Waals surface area contributed by atoms with Gasteiger partial charge in [-0.25, -0.2) is 0 Å². The summed E-state index contributed by atoms with van der Waals surface area (Å²) in [4.78, 5) is 27.8. The molecule has 0 amide bonds. The molecule has 0 aliphatic carbocycles. The van der Waals surface area contributed by atoms with Crippen LogP contribution in [-0.2, 0) is 0 Å². The van der Waals surface area contributed by atoms with E-state index in [1.54, 1.807) is 0 Å². The van der Waals surface area contributed by atoms with Crippen LogP contribution in [0, 0.1) is 30.3 Å². The number of benzene rings is 1. The average molecular weight is 360 g/mol. The molecule has 0 saturated carbocycles. The van der Waals surface area contributed by atoms with Crippen LogP contribution in [-0.4, -0.2) is 44.7 Å². The van der Waals surface area contributed by atoms with Crippen molar-refractivity contribution < 1.29 is 25.0 Å². The van der Waals surface area contributed by atoms with E-state index < -0.39 is 37.6 Å². The van der Waals surface area contributed by atoms with Crippen molar-refractivity contribution >= 4 is 17.1 Å². The second kappa shape index (κ2) is 11.6. The van der Waals surface area contributed by atoms with E-state index in [1.807, 2.05) is 0 Å². The Kier molecular flexibility index (Phi) is 10.3. The molecule has 0 heterocycles. The number of phenolic OH excluding ortho intramolecular Hbond substituents is 1. The van der Waals surface area contributed by atoms with Gasteiger partial charge in [0.1, 0.15) is 0 Å². The smallest absolute Gasteiger partial charge is 0.324 e. The zero-order valence-corrected chi connectivity index (χ0v) is 13.6. The molecule has 25 heavy (non-hydrogen) atoms. The predicted octanol–water partition coefficient (Wildman–Crippen LogP) is 1.88. The summed E-state index contributed by atoms with van der Waals surface area (Å²) in [5.74, 6) is -1.21. The molecule has 0 radical (unpaired) electrons. The summed E-state index contributed by atoms with van der Waals surface area (Å²) in [5.41, 5.74) is -3.00. The molecule has 0 atom stereocenters. The monoisotopic (exact) mass is 360 g/mol. The highest BCUT2D eigenvalue weighted by atomic mass is 16.6. The topological polar surface area (TPSA) is 182 Å². The van der Waals surface area contributed by atoms with Crippen molar-refractivity contribution in [1.82, 2.24) is 5.32 Å². The molecule has 0 saturated heterocycles. The van der Waals surface area contributed by atoms with Crippen LogP contribution in [0.5, 0.6) is 5.75 Å². The van der Waals surface area contributed by atoms with Crippen LogP contribution < -0.4 is 5.32 Å². The van der Waals surface area contributed by atoms with Crippen molar-refractivity contribution in [3.63, 3.8) is 0 Å². The van der Waals surface area contributed by atoms with Gasteiger partial charge in [-0.3, -0.25) is 30.3 Å². The van der Waals surface area contributed by atoms with Gasteiger partial charge in [0.2, 0.25) is 0 Å². The minimum atomic E-state index is -1.21. The summed E-state index contributed by atoms with van der Waals surface area (Å²) in [6.07, 6.45) is 3.79. The Morgan fingerprint density at radius 1 is 0.960 bits per heavy atom. The Balaban J connectivity index is 0.000000547. The average Bonchev–Trinajstić information content (AvgIpc) is 2.54. The molecule has 140 valence electrons. The molecule has 0 fully saturated rings. The number of unbranched alkanes of at least 4 members (excludes halogenated alkanes) is 2. The predicted molar refractivity (Wildman–Crippen MR) is 87.6 cm³/mol. The van der Waals surface area contributed by atoms with Crippen LogP contribution in [0.4, 0.5) is 17.1 Å². The van der Waals surface area contributed by atoms with Crippen LogP contribution in [0.2, 0.25) is 0 Å². The Labute approximate surface area is 142 Å². The van der Waals surface area contributed by atoms with Crippen LogP contribution in [0.25, 0.3) is 0 Å². The van der Waals surface area contributed by atoms with Crippen molar-refractivity contribution in [2.45, 2.75) is 26.2 Å². The fourth-order valence-electron chi connectivity index (χ4n) is 1.68. The first-order chi connectivity index (χ1) is 11.8. The van der Waals surface area contributed by atoms with Gasteiger partial charge in [-0.15, -0.1) is 0 Å². The molecule has 12 nitrogen and oxygen atoms in total. The normalized spacial score (nSPS) is 9.84. The SMILES string of the molecule is CCCCCNCCO.O=[N+]([O-])c1cc([N+](=O)[O-])c(O)c([N+](=O)[O-])c1. The van der Waals surface area contributed by atoms with Gasteiger partial charge in [-0.2, -0.15) is 0 Å². The van der Waals surface area contributed by atoms with Crippen molar-refractivity contribution in [3.8, 4) is 5.75 Å². The number of aliphatic hydroxyl groups is 1. The summed E-state index contributed by atoms with van der Waals surface area (Å²) in [6.45, 7) is 4.23. The molecule has 0 aliphatic rings. The van der Waals surface area contributed by atoms with Gasteiger partial charge in [0, 0.05) is 6.54 Å². The zero-order chi connectivity index (χ0) is 19.4. The molecule has 1 aromatic carbocycles. The number of nitrogens with one attached hydrogen (secondary N) is 1. The quantitative estimate of drug-likeness (QED) is 0.336. The summed E-state index contributed by atoms with van der Waals surface area (Å²) < 4.78 is 0. The number of nitro benzene ring substituents is 3. The number of aliphatic hydroxyl groups excluding tert-OH is 1. The molecule has 0 spiro atoms. The summed E-state index contributed by atoms with van der Waals surface area (Å²) in [6, 6.07) is 0.894. The van der Waals surface area contributed by atoms with Gasteiger partial charge in [0.05, 0.1) is 33.5 Å². The lowest BCUT2D eigenvalue weighted by atomic mass is 10.2. The number of nitro groups is 3. The van der Waals surface area contributed by atoms with Gasteiger partial charge in [0.15, 0.2) is 0 Å². The number of hydrogen-bond acceptors (Lipinski definition) is 9. The molecule has 1 aromatic rings. The minimum Gasteiger partial charge on any atom is -0.497 e. The Morgan fingerprint density at radius 3 is 1.84 bits per heavy atom. The maximum atomic E-state index is 10.4. The van der Waals surface area contributed by atoms with Crippen molar-refractivity contribution in [1.29, 1.82) is 0 Å². The Hall–Kier alpha value is -2.86. The molecule has 0 aromatic heterocycles. The molecule has 0 unspecified atom stereocenters. The number of nitrogens with zero attached hydrogens (tertiary/aromatic N) is 3. The first kappa shape index (κ1) is 22.1. The summed E-state index contributed by atoms with van der Waals surface area (Å²) >= 11 is 0. The molecule has 3 N–H and O–H groups in total. The highest BCUT2D eigenvalue weighted by Crippen LogP contribution is 2.38. The van der Waals surface area contributed by atoms with Crippen LogP contribution in [0.15, 0.2) is 12.1 Å². The number of rotatable bonds is 9. The molecule has 1 rings (SSSR count). The minimum absolute atomic E-state index is 0.256. The zero-order valence-electron chi connectivity index (χ0n) is 13.6. The van der Waals surface area contributed by atoms with Crippen molar-refractivity contribution in [2.24, 2.45) is 0 Å². The molecule has 12 heteroatoms. The second-order valence-corrected chi connectivity index (χ2v) is 4.78. The number of hydrogen-bond donors (Lipinski definition) is 3. The van der Waals surface area contributed by atoms with E-state index in [1.165, 1.54) is 19.3 Å². The third-order valence-electron chi connectivity index (χ3n) is 2.90. The van der Waals surface area contributed by atoms with E-state index in [2.05, 4.69) is 12.2 Å². The third kappa shape index (κ3) is 7.99. The van der Waals surface area contributed by atoms with Crippen molar-refractivity contribution in [2.75, 3.05) is 19.7 Å². The van der Waals surface area contributed by atoms with Crippen molar-refractivity contribution in [3.05, 3.63) is 42.5 Å². The van der Waals surface area contributed by atoms with Crippen LogP contribution in [0.3, 0.4) is 0 Å². The summed E-state index contributed by atoms with van der Waals surface area (Å²) in [5, 5.41) is 51.7. The fourth-order valence-corrected chi connectivity index (χ4v) is 1.68. The maximum Gasteiger partial charge on any atom is 0.324 e. The lowest BCUT2D eigenvalue weighted by molar-refractivity contribution is -0.404. The maximum absolute atomic E-state index is 10.4. The van der Waals surface area contributed by atoms with Gasteiger partial charge < -0.3 is 15.5 Å². The van der Waals surface area contributed by atoms with Gasteiger partial charge in [0.25, 0.3) is 11.4 Å². The first-order valence-electron chi connectivity index (χ1n) is 7.38. The second-order valence-electron chi connectivity index (χ2n) is 4.78. The highest BCUT2D eigenvalue weighted by molar-refractivity contribution is 5.64. The lowest BCUT2D eigenvalue weighted by Crippen LogP contribution is -2.19. The highest BCUT2D eigenvalue weighted by Gasteiger charge is 2.30. The largest absolute Gasteiger partial charge is 0.497 e. The van der Waals surface area contributed by atoms with Crippen LogP contribution in [0.1, 0.15) is 26.2 Å². The molecular formula is C13H20N4O8. The van der Waals surface area contributed by atoms with E-state index in [-0.39, 0.29) is 6.61 Å². The van der Waals surface area contributed by atoms with Gasteiger partial charge >= 0.3 is 11.4 Å².